The van der Waals surface area contributed by atoms with Crippen LogP contribution in [0.1, 0.15) is 10.7 Å². The van der Waals surface area contributed by atoms with Crippen molar-refractivity contribution in [2.45, 2.75) is 19.6 Å². The summed E-state index contributed by atoms with van der Waals surface area (Å²) in [6.45, 7) is 1.77. The van der Waals surface area contributed by atoms with E-state index in [1.165, 1.54) is 11.3 Å². The van der Waals surface area contributed by atoms with Gasteiger partial charge in [-0.2, -0.15) is 0 Å². The van der Waals surface area contributed by atoms with Crippen LogP contribution in [0.5, 0.6) is 5.75 Å². The molecule has 1 amide bonds. The molecule has 0 saturated heterocycles. The van der Waals surface area contributed by atoms with E-state index in [0.717, 1.165) is 40.0 Å². The Morgan fingerprint density at radius 2 is 1.93 bits per heavy atom. The number of halogens is 1. The summed E-state index contributed by atoms with van der Waals surface area (Å²) >= 11 is 7.37. The number of ether oxygens (including phenoxy) is 1. The zero-order valence-electron chi connectivity index (χ0n) is 15.4. The number of fused-ring (bicyclic) bond motifs is 3. The second-order valence-corrected chi connectivity index (χ2v) is 8.13. The highest BCUT2D eigenvalue weighted by atomic mass is 35.5. The van der Waals surface area contributed by atoms with Crippen molar-refractivity contribution in [3.8, 4) is 5.75 Å². The highest BCUT2D eigenvalue weighted by molar-refractivity contribution is 7.09. The molecule has 0 bridgehead atoms. The Balaban J connectivity index is 1.25. The topological polar surface area (TPSA) is 60.2 Å². The third-order valence-electron chi connectivity index (χ3n) is 4.83. The maximum absolute atomic E-state index is 12.9. The number of carbonyl (C=O) groups is 1. The number of amides is 1. The van der Waals surface area contributed by atoms with Gasteiger partial charge in [-0.1, -0.05) is 23.7 Å². The van der Waals surface area contributed by atoms with Crippen LogP contribution in [-0.4, -0.2) is 27.0 Å². The fourth-order valence-electron chi connectivity index (χ4n) is 3.45. The van der Waals surface area contributed by atoms with Crippen LogP contribution in [0.15, 0.2) is 53.9 Å². The maximum Gasteiger partial charge on any atom is 0.235 e. The predicted octanol–water partition coefficient (Wildman–Crippen LogP) is 4.31. The third-order valence-corrected chi connectivity index (χ3v) is 5.95. The number of para-hydroxylation sites is 2. The van der Waals surface area contributed by atoms with Crippen molar-refractivity contribution >= 4 is 45.8 Å². The number of imidazole rings is 1. The van der Waals surface area contributed by atoms with Gasteiger partial charge in [-0.05, 0) is 36.4 Å². The molecule has 8 heteroatoms. The fourth-order valence-corrected chi connectivity index (χ4v) is 4.28. The van der Waals surface area contributed by atoms with E-state index in [9.17, 15) is 4.79 Å². The highest BCUT2D eigenvalue weighted by Gasteiger charge is 2.28. The van der Waals surface area contributed by atoms with E-state index in [4.69, 9.17) is 16.3 Å². The van der Waals surface area contributed by atoms with Crippen LogP contribution >= 0.6 is 22.9 Å². The molecule has 2 aromatic heterocycles. The lowest BCUT2D eigenvalue weighted by molar-refractivity contribution is -0.117. The second kappa shape index (κ2) is 7.50. The second-order valence-electron chi connectivity index (χ2n) is 6.75. The van der Waals surface area contributed by atoms with Crippen LogP contribution in [0.2, 0.25) is 5.02 Å². The number of anilines is 1. The molecule has 6 nitrogen and oxygen atoms in total. The molecule has 1 aliphatic heterocycles. The van der Waals surface area contributed by atoms with Crippen LogP contribution < -0.4 is 9.64 Å². The first-order valence-corrected chi connectivity index (χ1v) is 10.5. The first-order chi connectivity index (χ1) is 14.2. The first-order valence-electron chi connectivity index (χ1n) is 9.25. The molecule has 0 radical (unpaired) electrons. The number of rotatable bonds is 5. The molecule has 0 unspecified atom stereocenters. The predicted molar refractivity (Wildman–Crippen MR) is 114 cm³/mol. The van der Waals surface area contributed by atoms with E-state index in [1.54, 1.807) is 17.0 Å². The van der Waals surface area contributed by atoms with Gasteiger partial charge >= 0.3 is 0 Å². The molecule has 3 heterocycles. The molecule has 0 saturated carbocycles. The Morgan fingerprint density at radius 3 is 2.79 bits per heavy atom. The van der Waals surface area contributed by atoms with E-state index in [2.05, 4.69) is 14.5 Å². The van der Waals surface area contributed by atoms with Crippen LogP contribution in [0, 0.1) is 0 Å². The molecular weight excluding hydrogens is 408 g/mol. The number of aromatic nitrogens is 3. The minimum Gasteiger partial charge on any atom is -0.486 e. The van der Waals surface area contributed by atoms with Gasteiger partial charge in [0, 0.05) is 23.5 Å². The van der Waals surface area contributed by atoms with Gasteiger partial charge in [0.2, 0.25) is 11.9 Å². The van der Waals surface area contributed by atoms with E-state index in [-0.39, 0.29) is 12.3 Å². The number of hydrogen-bond acceptors (Lipinski definition) is 5. The lowest BCUT2D eigenvalue weighted by Gasteiger charge is -2.12. The Labute approximate surface area is 176 Å². The molecule has 1 aliphatic rings. The highest BCUT2D eigenvalue weighted by Crippen LogP contribution is 2.27. The van der Waals surface area contributed by atoms with E-state index < -0.39 is 0 Å². The Hall–Kier alpha value is -2.90. The maximum atomic E-state index is 12.9. The van der Waals surface area contributed by atoms with Gasteiger partial charge in [0.15, 0.2) is 0 Å². The quantitative estimate of drug-likeness (QED) is 0.479. The molecule has 146 valence electrons. The molecule has 0 fully saturated rings. The minimum atomic E-state index is 0.00882. The van der Waals surface area contributed by atoms with Crippen molar-refractivity contribution in [3.05, 3.63) is 69.6 Å². The number of thiazole rings is 1. The van der Waals surface area contributed by atoms with Gasteiger partial charge in [0.25, 0.3) is 0 Å². The van der Waals surface area contributed by atoms with Gasteiger partial charge in [0.05, 0.1) is 23.1 Å². The third kappa shape index (κ3) is 3.59. The summed E-state index contributed by atoms with van der Waals surface area (Å²) in [7, 11) is 0. The average Bonchev–Trinajstić information content (AvgIpc) is 3.42. The Morgan fingerprint density at radius 1 is 1.10 bits per heavy atom. The van der Waals surface area contributed by atoms with Crippen molar-refractivity contribution in [1.29, 1.82) is 0 Å². The summed E-state index contributed by atoms with van der Waals surface area (Å²) < 4.78 is 7.82. The number of benzene rings is 2. The number of hydrogen-bond donors (Lipinski definition) is 0. The summed E-state index contributed by atoms with van der Waals surface area (Å²) in [5.74, 6) is 1.46. The molecule has 2 aromatic carbocycles. The van der Waals surface area contributed by atoms with Crippen molar-refractivity contribution in [1.82, 2.24) is 14.5 Å². The van der Waals surface area contributed by atoms with Crippen LogP contribution in [0.4, 0.5) is 5.95 Å². The Kier molecular flexibility index (Phi) is 4.69. The zero-order valence-corrected chi connectivity index (χ0v) is 17.0. The summed E-state index contributed by atoms with van der Waals surface area (Å²) in [5.41, 5.74) is 2.73. The van der Waals surface area contributed by atoms with Gasteiger partial charge in [-0.3, -0.25) is 9.69 Å². The molecule has 0 atom stereocenters. The van der Waals surface area contributed by atoms with Crippen LogP contribution in [0.25, 0.3) is 11.0 Å². The van der Waals surface area contributed by atoms with Gasteiger partial charge in [-0.25, -0.2) is 9.97 Å². The largest absolute Gasteiger partial charge is 0.486 e. The van der Waals surface area contributed by atoms with Crippen molar-refractivity contribution < 1.29 is 9.53 Å². The molecule has 0 spiro atoms. The summed E-state index contributed by atoms with van der Waals surface area (Å²) in [6.07, 6.45) is 0.251. The van der Waals surface area contributed by atoms with Crippen LogP contribution in [-0.2, 0) is 24.4 Å². The smallest absolute Gasteiger partial charge is 0.235 e. The molecule has 0 N–H and O–H groups in total. The van der Waals surface area contributed by atoms with E-state index in [0.29, 0.717) is 18.2 Å². The first kappa shape index (κ1) is 18.1. The lowest BCUT2D eigenvalue weighted by Crippen LogP contribution is -2.31. The van der Waals surface area contributed by atoms with Gasteiger partial charge < -0.3 is 9.30 Å². The molecule has 29 heavy (non-hydrogen) atoms. The van der Waals surface area contributed by atoms with Crippen molar-refractivity contribution in [3.63, 3.8) is 0 Å². The molecule has 5 rings (SSSR count). The van der Waals surface area contributed by atoms with Crippen molar-refractivity contribution in [2.24, 2.45) is 0 Å². The molecular formula is C21H17ClN4O2S. The lowest BCUT2D eigenvalue weighted by atomic mass is 10.3. The average molecular weight is 425 g/mol. The summed E-state index contributed by atoms with van der Waals surface area (Å²) in [6, 6.07) is 15.2. The minimum absolute atomic E-state index is 0.00882. The van der Waals surface area contributed by atoms with E-state index in [1.807, 2.05) is 41.8 Å². The Bertz CT molecular complexity index is 1190. The summed E-state index contributed by atoms with van der Waals surface area (Å²) in [5, 5.41) is 3.41. The normalized spacial score (nSPS) is 13.1. The molecule has 4 aromatic rings. The monoisotopic (exact) mass is 424 g/mol. The van der Waals surface area contributed by atoms with E-state index >= 15 is 0 Å². The number of carbonyl (C=O) groups excluding carboxylic acids is 1. The van der Waals surface area contributed by atoms with Crippen molar-refractivity contribution in [2.75, 3.05) is 11.4 Å². The number of nitrogens with zero attached hydrogens (tertiary/aromatic N) is 4. The van der Waals surface area contributed by atoms with Gasteiger partial charge in [-0.15, -0.1) is 11.3 Å². The fraction of sp³-hybridized carbons (Fsp3) is 0.190. The SMILES string of the molecule is O=C(Cc1csc(COc2ccc(Cl)cc2)n1)N1CCn2c1nc1ccccc12. The molecule has 0 aliphatic carbocycles. The van der Waals surface area contributed by atoms with Gasteiger partial charge in [0.1, 0.15) is 17.4 Å². The van der Waals surface area contributed by atoms with Crippen LogP contribution in [0.3, 0.4) is 0 Å². The summed E-state index contributed by atoms with van der Waals surface area (Å²) in [4.78, 5) is 23.8. The zero-order chi connectivity index (χ0) is 19.8. The standard InChI is InChI=1S/C21H17ClN4O2S/c22-14-5-7-16(8-6-14)28-12-19-23-15(13-29-19)11-20(27)26-10-9-25-18-4-2-1-3-17(18)24-21(25)26/h1-8,13H,9-12H2.